The number of carbonyl (C=O) groups excluding carboxylic acids is 1. The molecule has 1 N–H and O–H groups in total. The van der Waals surface area contributed by atoms with E-state index in [1.165, 1.54) is 0 Å². The highest BCUT2D eigenvalue weighted by molar-refractivity contribution is 6.04. The molecular formula is C22H24N2O4. The molecule has 6 heteroatoms. The van der Waals surface area contributed by atoms with Crippen LogP contribution in [0.1, 0.15) is 38.5 Å². The zero-order chi connectivity index (χ0) is 20.3. The molecule has 0 bridgehead atoms. The molecule has 0 spiro atoms. The van der Waals surface area contributed by atoms with Gasteiger partial charge < -0.3 is 19.3 Å². The SMILES string of the molecule is COc1ccc(C)cc1NC(=O)c1noc(C)c1COc1ccc(C)cc1C. The van der Waals surface area contributed by atoms with Crippen LogP contribution in [-0.4, -0.2) is 18.2 Å². The minimum Gasteiger partial charge on any atom is -0.495 e. The van der Waals surface area contributed by atoms with Gasteiger partial charge in [-0.15, -0.1) is 0 Å². The molecule has 0 aliphatic carbocycles. The zero-order valence-corrected chi connectivity index (χ0v) is 16.8. The summed E-state index contributed by atoms with van der Waals surface area (Å²) in [5.74, 6) is 1.51. The summed E-state index contributed by atoms with van der Waals surface area (Å²) in [6.45, 7) is 7.91. The van der Waals surface area contributed by atoms with Gasteiger partial charge in [0.05, 0.1) is 18.4 Å². The average Bonchev–Trinajstić information content (AvgIpc) is 3.02. The number of aryl methyl sites for hydroxylation is 4. The molecule has 0 radical (unpaired) electrons. The molecule has 1 amide bonds. The van der Waals surface area contributed by atoms with Gasteiger partial charge in [0.2, 0.25) is 0 Å². The second kappa shape index (κ2) is 8.17. The Bertz CT molecular complexity index is 1010. The molecule has 28 heavy (non-hydrogen) atoms. The molecule has 3 rings (SSSR count). The first kappa shape index (κ1) is 19.5. The fourth-order valence-corrected chi connectivity index (χ4v) is 2.95. The molecule has 6 nitrogen and oxygen atoms in total. The van der Waals surface area contributed by atoms with Crippen LogP contribution in [0.2, 0.25) is 0 Å². The number of benzene rings is 2. The number of ether oxygens (including phenoxy) is 2. The smallest absolute Gasteiger partial charge is 0.278 e. The molecule has 0 unspecified atom stereocenters. The fourth-order valence-electron chi connectivity index (χ4n) is 2.95. The van der Waals surface area contributed by atoms with E-state index < -0.39 is 0 Å². The van der Waals surface area contributed by atoms with Crippen molar-refractivity contribution in [1.82, 2.24) is 5.16 Å². The predicted molar refractivity (Wildman–Crippen MR) is 107 cm³/mol. The summed E-state index contributed by atoms with van der Waals surface area (Å²) in [5, 5.41) is 6.78. The lowest BCUT2D eigenvalue weighted by atomic mass is 10.1. The molecule has 3 aromatic rings. The molecule has 1 aromatic heterocycles. The third kappa shape index (κ3) is 4.17. The Balaban J connectivity index is 1.80. The number of hydrogen-bond acceptors (Lipinski definition) is 5. The molecule has 0 saturated heterocycles. The van der Waals surface area contributed by atoms with Gasteiger partial charge in [-0.2, -0.15) is 0 Å². The van der Waals surface area contributed by atoms with E-state index in [2.05, 4.69) is 10.5 Å². The maximum absolute atomic E-state index is 12.8. The van der Waals surface area contributed by atoms with E-state index in [9.17, 15) is 4.79 Å². The number of methoxy groups -OCH3 is 1. The van der Waals surface area contributed by atoms with E-state index in [1.807, 2.05) is 57.2 Å². The van der Waals surface area contributed by atoms with Gasteiger partial charge in [-0.05, 0) is 57.0 Å². The molecular weight excluding hydrogens is 356 g/mol. The van der Waals surface area contributed by atoms with Crippen LogP contribution >= 0.6 is 0 Å². The van der Waals surface area contributed by atoms with Crippen molar-refractivity contribution < 1.29 is 18.8 Å². The third-order valence-corrected chi connectivity index (χ3v) is 4.51. The Morgan fingerprint density at radius 1 is 1.04 bits per heavy atom. The monoisotopic (exact) mass is 380 g/mol. The second-order valence-corrected chi connectivity index (χ2v) is 6.78. The van der Waals surface area contributed by atoms with Gasteiger partial charge in [0.25, 0.3) is 5.91 Å². The fraction of sp³-hybridized carbons (Fsp3) is 0.273. The lowest BCUT2D eigenvalue weighted by molar-refractivity contribution is 0.101. The largest absolute Gasteiger partial charge is 0.495 e. The summed E-state index contributed by atoms with van der Waals surface area (Å²) in [6.07, 6.45) is 0. The summed E-state index contributed by atoms with van der Waals surface area (Å²) >= 11 is 0. The lowest BCUT2D eigenvalue weighted by Gasteiger charge is -2.12. The number of aromatic nitrogens is 1. The zero-order valence-electron chi connectivity index (χ0n) is 16.8. The van der Waals surface area contributed by atoms with Crippen LogP contribution in [0, 0.1) is 27.7 Å². The van der Waals surface area contributed by atoms with E-state index >= 15 is 0 Å². The van der Waals surface area contributed by atoms with Crippen molar-refractivity contribution in [1.29, 1.82) is 0 Å². The first-order valence-corrected chi connectivity index (χ1v) is 9.00. The van der Waals surface area contributed by atoms with E-state index in [-0.39, 0.29) is 18.2 Å². The molecule has 1 heterocycles. The first-order chi connectivity index (χ1) is 13.4. The maximum Gasteiger partial charge on any atom is 0.278 e. The van der Waals surface area contributed by atoms with Crippen molar-refractivity contribution in [2.45, 2.75) is 34.3 Å². The van der Waals surface area contributed by atoms with Crippen LogP contribution in [0.4, 0.5) is 5.69 Å². The normalized spacial score (nSPS) is 10.6. The van der Waals surface area contributed by atoms with E-state index in [0.29, 0.717) is 22.8 Å². The molecule has 0 aliphatic rings. The number of rotatable bonds is 6. The van der Waals surface area contributed by atoms with Gasteiger partial charge in [-0.3, -0.25) is 4.79 Å². The maximum atomic E-state index is 12.8. The molecule has 0 fully saturated rings. The Kier molecular flexibility index (Phi) is 5.68. The van der Waals surface area contributed by atoms with Crippen molar-refractivity contribution in [2.24, 2.45) is 0 Å². The third-order valence-electron chi connectivity index (χ3n) is 4.51. The van der Waals surface area contributed by atoms with Crippen molar-refractivity contribution in [3.05, 3.63) is 70.1 Å². The van der Waals surface area contributed by atoms with E-state index in [4.69, 9.17) is 14.0 Å². The number of nitrogens with zero attached hydrogens (tertiary/aromatic N) is 1. The summed E-state index contributed by atoms with van der Waals surface area (Å²) in [6, 6.07) is 11.5. The molecule has 0 atom stereocenters. The number of anilines is 1. The molecule has 2 aromatic carbocycles. The van der Waals surface area contributed by atoms with Crippen molar-refractivity contribution >= 4 is 11.6 Å². The van der Waals surface area contributed by atoms with Crippen LogP contribution in [0.25, 0.3) is 0 Å². The Labute approximate surface area is 164 Å². The summed E-state index contributed by atoms with van der Waals surface area (Å²) in [5.41, 5.74) is 4.60. The first-order valence-electron chi connectivity index (χ1n) is 9.00. The summed E-state index contributed by atoms with van der Waals surface area (Å²) < 4.78 is 16.5. The van der Waals surface area contributed by atoms with Crippen molar-refractivity contribution in [2.75, 3.05) is 12.4 Å². The van der Waals surface area contributed by atoms with Crippen molar-refractivity contribution in [3.63, 3.8) is 0 Å². The highest BCUT2D eigenvalue weighted by Crippen LogP contribution is 2.27. The Hall–Kier alpha value is -3.28. The van der Waals surface area contributed by atoms with Crippen LogP contribution in [-0.2, 0) is 6.61 Å². The summed E-state index contributed by atoms with van der Waals surface area (Å²) in [7, 11) is 1.56. The standard InChI is InChI=1S/C22H24N2O4/c1-13-6-8-19(15(3)10-13)27-12-17-16(4)28-24-21(17)22(25)23-18-11-14(2)7-9-20(18)26-5/h6-11H,12H2,1-5H3,(H,23,25). The Morgan fingerprint density at radius 3 is 2.39 bits per heavy atom. The van der Waals surface area contributed by atoms with Crippen LogP contribution in [0.3, 0.4) is 0 Å². The van der Waals surface area contributed by atoms with Crippen LogP contribution in [0.5, 0.6) is 11.5 Å². The van der Waals surface area contributed by atoms with Gasteiger partial charge in [0.15, 0.2) is 5.69 Å². The summed E-state index contributed by atoms with van der Waals surface area (Å²) in [4.78, 5) is 12.8. The molecule has 0 aliphatic heterocycles. The van der Waals surface area contributed by atoms with Gasteiger partial charge in [0, 0.05) is 0 Å². The van der Waals surface area contributed by atoms with Gasteiger partial charge in [-0.1, -0.05) is 28.9 Å². The second-order valence-electron chi connectivity index (χ2n) is 6.78. The van der Waals surface area contributed by atoms with Crippen molar-refractivity contribution in [3.8, 4) is 11.5 Å². The minimum absolute atomic E-state index is 0.187. The van der Waals surface area contributed by atoms with E-state index in [1.54, 1.807) is 14.0 Å². The lowest BCUT2D eigenvalue weighted by Crippen LogP contribution is -2.16. The van der Waals surface area contributed by atoms with Gasteiger partial charge in [-0.25, -0.2) is 0 Å². The highest BCUT2D eigenvalue weighted by atomic mass is 16.5. The van der Waals surface area contributed by atoms with Gasteiger partial charge >= 0.3 is 0 Å². The molecule has 146 valence electrons. The molecule has 0 saturated carbocycles. The van der Waals surface area contributed by atoms with E-state index in [0.717, 1.165) is 22.4 Å². The quantitative estimate of drug-likeness (QED) is 0.668. The number of carbonyl (C=O) groups is 1. The predicted octanol–water partition coefficient (Wildman–Crippen LogP) is 4.75. The number of hydrogen-bond donors (Lipinski definition) is 1. The average molecular weight is 380 g/mol. The van der Waals surface area contributed by atoms with Crippen LogP contribution < -0.4 is 14.8 Å². The van der Waals surface area contributed by atoms with Gasteiger partial charge in [0.1, 0.15) is 23.9 Å². The Morgan fingerprint density at radius 2 is 1.71 bits per heavy atom. The highest BCUT2D eigenvalue weighted by Gasteiger charge is 2.22. The topological polar surface area (TPSA) is 73.6 Å². The van der Waals surface area contributed by atoms with Crippen LogP contribution in [0.15, 0.2) is 40.9 Å². The number of amides is 1. The minimum atomic E-state index is -0.375. The number of nitrogens with one attached hydrogen (secondary N) is 1.